The van der Waals surface area contributed by atoms with E-state index in [1.807, 2.05) is 35.2 Å². The minimum atomic E-state index is -0.407. The number of para-hydroxylation sites is 3. The molecule has 0 saturated carbocycles. The van der Waals surface area contributed by atoms with E-state index in [-0.39, 0.29) is 10.8 Å². The average molecular weight is 404 g/mol. The van der Waals surface area contributed by atoms with Crippen LogP contribution >= 0.6 is 0 Å². The lowest BCUT2D eigenvalue weighted by molar-refractivity contribution is 0.413. The van der Waals surface area contributed by atoms with E-state index in [1.165, 1.54) is 6.07 Å². The lowest BCUT2D eigenvalue weighted by atomic mass is 10.1. The fourth-order valence-corrected chi connectivity index (χ4v) is 4.13. The molecule has 1 fully saturated rings. The van der Waals surface area contributed by atoms with Crippen molar-refractivity contribution >= 4 is 33.3 Å². The fraction of sp³-hybridized carbons (Fsp3) is 0.208. The molecule has 5 nitrogen and oxygen atoms in total. The van der Waals surface area contributed by atoms with E-state index in [1.54, 1.807) is 31.4 Å². The maximum absolute atomic E-state index is 15.0. The van der Waals surface area contributed by atoms with Crippen molar-refractivity contribution in [2.24, 2.45) is 0 Å². The summed E-state index contributed by atoms with van der Waals surface area (Å²) in [5.41, 5.74) is 2.20. The Morgan fingerprint density at radius 3 is 2.27 bits per heavy atom. The van der Waals surface area contributed by atoms with Crippen molar-refractivity contribution in [3.63, 3.8) is 0 Å². The third-order valence-corrected chi connectivity index (χ3v) is 5.69. The molecule has 0 aliphatic carbocycles. The minimum absolute atomic E-state index is 0.210. The van der Waals surface area contributed by atoms with E-state index < -0.39 is 5.82 Å². The molecule has 0 N–H and O–H groups in total. The van der Waals surface area contributed by atoms with Crippen LogP contribution in [0, 0.1) is 5.82 Å². The van der Waals surface area contributed by atoms with Crippen molar-refractivity contribution in [2.75, 3.05) is 43.1 Å². The third kappa shape index (κ3) is 3.05. The predicted octanol–water partition coefficient (Wildman–Crippen LogP) is 4.42. The molecule has 2 heterocycles. The van der Waals surface area contributed by atoms with Crippen molar-refractivity contribution in [2.45, 2.75) is 0 Å². The van der Waals surface area contributed by atoms with Crippen LogP contribution in [-0.2, 0) is 0 Å². The number of fused-ring (bicyclic) bond motifs is 2. The second-order valence-electron chi connectivity index (χ2n) is 7.37. The summed E-state index contributed by atoms with van der Waals surface area (Å²) in [6, 6.07) is 17.9. The van der Waals surface area contributed by atoms with E-state index in [0.29, 0.717) is 35.3 Å². The molecular formula is C24H21FN2O3. The molecule has 0 unspecified atom stereocenters. The molecule has 0 amide bonds. The third-order valence-electron chi connectivity index (χ3n) is 5.69. The zero-order valence-electron chi connectivity index (χ0n) is 16.6. The number of rotatable bonds is 3. The van der Waals surface area contributed by atoms with Crippen molar-refractivity contribution in [1.82, 2.24) is 0 Å². The Labute approximate surface area is 172 Å². The van der Waals surface area contributed by atoms with Gasteiger partial charge in [-0.1, -0.05) is 24.3 Å². The second kappa shape index (κ2) is 7.37. The van der Waals surface area contributed by atoms with Gasteiger partial charge in [-0.15, -0.1) is 0 Å². The van der Waals surface area contributed by atoms with Crippen LogP contribution in [0.5, 0.6) is 5.75 Å². The monoisotopic (exact) mass is 404 g/mol. The van der Waals surface area contributed by atoms with E-state index in [2.05, 4.69) is 4.90 Å². The number of benzene rings is 3. The van der Waals surface area contributed by atoms with Crippen molar-refractivity contribution in [1.29, 1.82) is 0 Å². The van der Waals surface area contributed by atoms with Crippen LogP contribution in [0.4, 0.5) is 15.8 Å². The molecule has 0 radical (unpaired) electrons. The van der Waals surface area contributed by atoms with E-state index in [0.717, 1.165) is 24.5 Å². The number of hydrogen-bond acceptors (Lipinski definition) is 5. The summed E-state index contributed by atoms with van der Waals surface area (Å²) in [6.07, 6.45) is 0. The molecule has 3 aromatic carbocycles. The standard InChI is InChI=1S/C24H21FN2O3/c1-29-22-9-5-3-7-19(22)26-10-12-27(13-11-26)20-15-23-17(14-18(20)25)24(28)16-6-2-4-8-21(16)30-23/h2-9,14-15H,10-13H2,1H3. The van der Waals surface area contributed by atoms with Crippen LogP contribution in [0.25, 0.3) is 21.9 Å². The number of ether oxygens (including phenoxy) is 1. The number of nitrogens with zero attached hydrogens (tertiary/aromatic N) is 2. The number of anilines is 2. The van der Waals surface area contributed by atoms with E-state index in [9.17, 15) is 9.18 Å². The number of hydrogen-bond donors (Lipinski definition) is 0. The van der Waals surface area contributed by atoms with Crippen LogP contribution in [0.3, 0.4) is 0 Å². The smallest absolute Gasteiger partial charge is 0.200 e. The van der Waals surface area contributed by atoms with Gasteiger partial charge >= 0.3 is 0 Å². The molecule has 1 aliphatic heterocycles. The topological polar surface area (TPSA) is 45.9 Å². The Kier molecular flexibility index (Phi) is 4.54. The van der Waals surface area contributed by atoms with Gasteiger partial charge in [0.1, 0.15) is 22.7 Å². The first-order valence-corrected chi connectivity index (χ1v) is 9.94. The SMILES string of the molecule is COc1ccccc1N1CCN(c2cc3oc4ccccc4c(=O)c3cc2F)CC1. The van der Waals surface area contributed by atoms with Crippen LogP contribution < -0.4 is 20.0 Å². The Morgan fingerprint density at radius 1 is 0.833 bits per heavy atom. The first-order chi connectivity index (χ1) is 14.7. The summed E-state index contributed by atoms with van der Waals surface area (Å²) in [4.78, 5) is 17.0. The molecule has 0 bridgehead atoms. The van der Waals surface area contributed by atoms with Crippen LogP contribution in [0.2, 0.25) is 0 Å². The van der Waals surface area contributed by atoms with E-state index >= 15 is 0 Å². The Morgan fingerprint density at radius 2 is 1.50 bits per heavy atom. The Hall–Kier alpha value is -3.54. The highest BCUT2D eigenvalue weighted by atomic mass is 19.1. The molecule has 152 valence electrons. The summed E-state index contributed by atoms with van der Waals surface area (Å²) >= 11 is 0. The number of methoxy groups -OCH3 is 1. The zero-order chi connectivity index (χ0) is 20.7. The molecular weight excluding hydrogens is 383 g/mol. The van der Waals surface area contributed by atoms with Gasteiger partial charge in [0.25, 0.3) is 0 Å². The van der Waals surface area contributed by atoms with Crippen LogP contribution in [0.1, 0.15) is 0 Å². The molecule has 30 heavy (non-hydrogen) atoms. The molecule has 1 aromatic heterocycles. The largest absolute Gasteiger partial charge is 0.495 e. The lowest BCUT2D eigenvalue weighted by Crippen LogP contribution is -2.47. The molecule has 0 atom stereocenters. The first-order valence-electron chi connectivity index (χ1n) is 9.94. The van der Waals surface area contributed by atoms with Gasteiger partial charge in [0.15, 0.2) is 0 Å². The molecule has 1 aliphatic rings. The fourth-order valence-electron chi connectivity index (χ4n) is 4.13. The van der Waals surface area contributed by atoms with Crippen molar-refractivity contribution in [3.8, 4) is 5.75 Å². The summed E-state index contributed by atoms with van der Waals surface area (Å²) in [6.45, 7) is 2.77. The maximum Gasteiger partial charge on any atom is 0.200 e. The lowest BCUT2D eigenvalue weighted by Gasteiger charge is -2.37. The molecule has 6 heteroatoms. The van der Waals surface area contributed by atoms with Crippen LogP contribution in [0.15, 0.2) is 69.9 Å². The van der Waals surface area contributed by atoms with E-state index in [4.69, 9.17) is 9.15 Å². The first kappa shape index (κ1) is 18.5. The summed E-state index contributed by atoms with van der Waals surface area (Å²) in [7, 11) is 1.66. The molecule has 1 saturated heterocycles. The van der Waals surface area contributed by atoms with Gasteiger partial charge in [0.05, 0.1) is 29.3 Å². The second-order valence-corrected chi connectivity index (χ2v) is 7.37. The maximum atomic E-state index is 15.0. The van der Waals surface area contributed by atoms with Gasteiger partial charge in [0.2, 0.25) is 5.43 Å². The van der Waals surface area contributed by atoms with Gasteiger partial charge < -0.3 is 19.0 Å². The summed E-state index contributed by atoms with van der Waals surface area (Å²) in [5, 5.41) is 0.727. The van der Waals surface area contributed by atoms with Crippen LogP contribution in [-0.4, -0.2) is 33.3 Å². The highest BCUT2D eigenvalue weighted by Gasteiger charge is 2.23. The van der Waals surface area contributed by atoms with Crippen molar-refractivity contribution in [3.05, 3.63) is 76.7 Å². The van der Waals surface area contributed by atoms with Crippen molar-refractivity contribution < 1.29 is 13.5 Å². The van der Waals surface area contributed by atoms with Gasteiger partial charge in [-0.3, -0.25) is 4.79 Å². The zero-order valence-corrected chi connectivity index (χ0v) is 16.6. The Bertz CT molecular complexity index is 1290. The highest BCUT2D eigenvalue weighted by Crippen LogP contribution is 2.31. The average Bonchev–Trinajstić information content (AvgIpc) is 2.79. The van der Waals surface area contributed by atoms with Gasteiger partial charge in [-0.05, 0) is 30.3 Å². The van der Waals surface area contributed by atoms with Gasteiger partial charge in [0, 0.05) is 32.2 Å². The number of halogens is 1. The van der Waals surface area contributed by atoms with Gasteiger partial charge in [-0.25, -0.2) is 4.39 Å². The molecule has 0 spiro atoms. The number of piperazine rings is 1. The normalized spacial score (nSPS) is 14.5. The molecule has 5 rings (SSSR count). The summed E-state index contributed by atoms with van der Waals surface area (Å²) in [5.74, 6) is 0.423. The van der Waals surface area contributed by atoms with Gasteiger partial charge in [-0.2, -0.15) is 0 Å². The minimum Gasteiger partial charge on any atom is -0.495 e. The predicted molar refractivity (Wildman–Crippen MR) is 117 cm³/mol. The summed E-state index contributed by atoms with van der Waals surface area (Å²) < 4.78 is 26.3. The highest BCUT2D eigenvalue weighted by molar-refractivity contribution is 5.91. The Balaban J connectivity index is 1.46. The quantitative estimate of drug-likeness (QED) is 0.473. The molecule has 4 aromatic rings.